The summed E-state index contributed by atoms with van der Waals surface area (Å²) in [5.41, 5.74) is 0.936. The van der Waals surface area contributed by atoms with Gasteiger partial charge in [-0.3, -0.25) is 9.78 Å². The highest BCUT2D eigenvalue weighted by Gasteiger charge is 2.17. The van der Waals surface area contributed by atoms with Gasteiger partial charge in [0, 0.05) is 18.2 Å². The van der Waals surface area contributed by atoms with Crippen LogP contribution in [-0.4, -0.2) is 17.9 Å². The molecule has 1 heterocycles. The predicted octanol–water partition coefficient (Wildman–Crippen LogP) is 4.55. The summed E-state index contributed by atoms with van der Waals surface area (Å²) in [5.74, 6) is -3.73. The van der Waals surface area contributed by atoms with Crippen LogP contribution in [0.2, 0.25) is 0 Å². The van der Waals surface area contributed by atoms with Crippen molar-refractivity contribution >= 4 is 11.6 Å². The number of likely N-dealkylation sites (N-methyl/N-ethyl adjacent to an activating group) is 1. The molecule has 1 aromatic rings. The largest absolute Gasteiger partial charge is 0.386 e. The molecule has 0 atom stereocenters. The molecule has 0 radical (unpaired) electrons. The standard InChI is InChI=1S/C19H22F3N3O/c1-7-13(16(22)17(23-6)10(2)3)8-14(20)19(26)25-18-11(4)15(21)9-24-12(18)5/h7-9,23H,2H2,1,3-6H3,(H,25,26)/b13-7?,14-8-,17-16-. The molecule has 0 aliphatic heterocycles. The van der Waals surface area contributed by atoms with Gasteiger partial charge in [-0.05, 0) is 39.3 Å². The zero-order valence-electron chi connectivity index (χ0n) is 15.4. The average Bonchev–Trinajstić information content (AvgIpc) is 2.59. The van der Waals surface area contributed by atoms with Crippen LogP contribution in [0.25, 0.3) is 0 Å². The second-order valence-electron chi connectivity index (χ2n) is 5.60. The predicted molar refractivity (Wildman–Crippen MR) is 97.3 cm³/mol. The SMILES string of the molecule is C=C(C)/C(NC)=C(/F)C(=CC)/C=C(\F)C(=O)Nc1c(C)ncc(F)c1C. The summed E-state index contributed by atoms with van der Waals surface area (Å²) >= 11 is 0. The number of aromatic nitrogens is 1. The highest BCUT2D eigenvalue weighted by molar-refractivity contribution is 6.03. The number of hydrogen-bond acceptors (Lipinski definition) is 3. The van der Waals surface area contributed by atoms with Crippen LogP contribution in [0.1, 0.15) is 25.1 Å². The Kier molecular flexibility index (Phi) is 7.37. The van der Waals surface area contributed by atoms with E-state index in [9.17, 15) is 18.0 Å². The van der Waals surface area contributed by atoms with Gasteiger partial charge in [-0.1, -0.05) is 12.7 Å². The van der Waals surface area contributed by atoms with E-state index in [0.717, 1.165) is 12.3 Å². The van der Waals surface area contributed by atoms with E-state index in [1.807, 2.05) is 0 Å². The molecule has 0 aromatic carbocycles. The van der Waals surface area contributed by atoms with E-state index < -0.39 is 23.4 Å². The second-order valence-corrected chi connectivity index (χ2v) is 5.60. The Balaban J connectivity index is 3.18. The molecule has 0 saturated carbocycles. The van der Waals surface area contributed by atoms with Crippen LogP contribution in [0.3, 0.4) is 0 Å². The van der Waals surface area contributed by atoms with Crippen LogP contribution in [0, 0.1) is 19.7 Å². The number of pyridine rings is 1. The van der Waals surface area contributed by atoms with Gasteiger partial charge in [0.1, 0.15) is 5.82 Å². The van der Waals surface area contributed by atoms with E-state index in [4.69, 9.17) is 0 Å². The molecule has 1 rings (SSSR count). The number of hydrogen-bond donors (Lipinski definition) is 2. The maximum atomic E-state index is 14.5. The van der Waals surface area contributed by atoms with Gasteiger partial charge in [0.25, 0.3) is 5.91 Å². The lowest BCUT2D eigenvalue weighted by Gasteiger charge is -2.11. The van der Waals surface area contributed by atoms with Crippen molar-refractivity contribution in [1.82, 2.24) is 10.3 Å². The van der Waals surface area contributed by atoms with Crippen LogP contribution < -0.4 is 10.6 Å². The molecule has 140 valence electrons. The molecule has 26 heavy (non-hydrogen) atoms. The van der Waals surface area contributed by atoms with E-state index in [-0.39, 0.29) is 22.5 Å². The molecule has 0 unspecified atom stereocenters. The van der Waals surface area contributed by atoms with E-state index >= 15 is 0 Å². The van der Waals surface area contributed by atoms with Crippen molar-refractivity contribution in [2.45, 2.75) is 27.7 Å². The van der Waals surface area contributed by atoms with Crippen molar-refractivity contribution in [3.63, 3.8) is 0 Å². The Bertz CT molecular complexity index is 824. The van der Waals surface area contributed by atoms with Gasteiger partial charge in [0.2, 0.25) is 0 Å². The fraction of sp³-hybridized carbons (Fsp3) is 0.263. The first kappa shape index (κ1) is 21.2. The number of nitrogens with zero attached hydrogens (tertiary/aromatic N) is 1. The van der Waals surface area contributed by atoms with Crippen molar-refractivity contribution in [2.75, 3.05) is 12.4 Å². The summed E-state index contributed by atoms with van der Waals surface area (Å²) in [6.45, 7) is 9.72. The smallest absolute Gasteiger partial charge is 0.284 e. The lowest BCUT2D eigenvalue weighted by Crippen LogP contribution is -2.15. The van der Waals surface area contributed by atoms with Crippen LogP contribution >= 0.6 is 0 Å². The van der Waals surface area contributed by atoms with Gasteiger partial charge in [0.05, 0.1) is 23.3 Å². The van der Waals surface area contributed by atoms with Gasteiger partial charge >= 0.3 is 0 Å². The molecular weight excluding hydrogens is 343 g/mol. The summed E-state index contributed by atoms with van der Waals surface area (Å²) in [6.07, 6.45) is 3.10. The zero-order chi connectivity index (χ0) is 20.0. The number of rotatable bonds is 6. The highest BCUT2D eigenvalue weighted by atomic mass is 19.1. The summed E-state index contributed by atoms with van der Waals surface area (Å²) in [7, 11) is 1.51. The van der Waals surface area contributed by atoms with Crippen molar-refractivity contribution in [2.24, 2.45) is 0 Å². The van der Waals surface area contributed by atoms with Gasteiger partial charge in [-0.15, -0.1) is 0 Å². The summed E-state index contributed by atoms with van der Waals surface area (Å²) < 4.78 is 42.4. The Labute approximate surface area is 151 Å². The molecule has 7 heteroatoms. The Morgan fingerprint density at radius 2 is 1.92 bits per heavy atom. The maximum Gasteiger partial charge on any atom is 0.284 e. The molecule has 0 bridgehead atoms. The fourth-order valence-electron chi connectivity index (χ4n) is 2.19. The van der Waals surface area contributed by atoms with Crippen LogP contribution in [0.4, 0.5) is 18.9 Å². The topological polar surface area (TPSA) is 54.0 Å². The summed E-state index contributed by atoms with van der Waals surface area (Å²) in [5, 5.41) is 4.91. The van der Waals surface area contributed by atoms with E-state index in [1.54, 1.807) is 13.8 Å². The molecule has 0 fully saturated rings. The van der Waals surface area contributed by atoms with Crippen LogP contribution in [0.5, 0.6) is 0 Å². The third-order valence-corrected chi connectivity index (χ3v) is 3.66. The minimum absolute atomic E-state index is 0.0782. The number of carbonyl (C=O) groups is 1. The highest BCUT2D eigenvalue weighted by Crippen LogP contribution is 2.24. The van der Waals surface area contributed by atoms with E-state index in [0.29, 0.717) is 11.3 Å². The number of halogens is 3. The van der Waals surface area contributed by atoms with Crippen LogP contribution in [-0.2, 0) is 4.79 Å². The van der Waals surface area contributed by atoms with Gasteiger partial charge in [-0.2, -0.15) is 0 Å². The second kappa shape index (κ2) is 9.03. The first-order chi connectivity index (χ1) is 12.1. The zero-order valence-corrected chi connectivity index (χ0v) is 15.4. The molecule has 1 amide bonds. The number of amides is 1. The molecule has 4 nitrogen and oxygen atoms in total. The van der Waals surface area contributed by atoms with Gasteiger partial charge < -0.3 is 10.6 Å². The average molecular weight is 365 g/mol. The maximum absolute atomic E-state index is 14.5. The van der Waals surface area contributed by atoms with Crippen molar-refractivity contribution < 1.29 is 18.0 Å². The molecule has 0 aliphatic carbocycles. The van der Waals surface area contributed by atoms with Crippen molar-refractivity contribution in [1.29, 1.82) is 0 Å². The quantitative estimate of drug-likeness (QED) is 0.574. The Morgan fingerprint density at radius 1 is 1.31 bits per heavy atom. The number of nitrogens with one attached hydrogen (secondary N) is 2. The fourth-order valence-corrected chi connectivity index (χ4v) is 2.19. The normalized spacial score (nSPS) is 13.2. The lowest BCUT2D eigenvalue weighted by atomic mass is 10.1. The third kappa shape index (κ3) is 4.84. The van der Waals surface area contributed by atoms with Gasteiger partial charge in [-0.25, -0.2) is 13.2 Å². The molecule has 0 aliphatic rings. The monoisotopic (exact) mass is 365 g/mol. The summed E-state index contributed by atoms with van der Waals surface area (Å²) in [6, 6.07) is 0. The van der Waals surface area contributed by atoms with Crippen LogP contribution in [0.15, 0.2) is 53.4 Å². The minimum Gasteiger partial charge on any atom is -0.386 e. The van der Waals surface area contributed by atoms with Gasteiger partial charge in [0.15, 0.2) is 11.7 Å². The first-order valence-electron chi connectivity index (χ1n) is 7.84. The van der Waals surface area contributed by atoms with E-state index in [2.05, 4.69) is 22.2 Å². The molecule has 1 aromatic heterocycles. The van der Waals surface area contributed by atoms with E-state index in [1.165, 1.54) is 27.0 Å². The molecular formula is C19H22F3N3O. The number of aryl methyl sites for hydroxylation is 1. The Hall–Kier alpha value is -2.83. The number of anilines is 1. The summed E-state index contributed by atoms with van der Waals surface area (Å²) in [4.78, 5) is 15.9. The molecule has 2 N–H and O–H groups in total. The molecule has 0 spiro atoms. The minimum atomic E-state index is -1.23. The molecule has 0 saturated heterocycles. The Morgan fingerprint density at radius 3 is 2.42 bits per heavy atom. The van der Waals surface area contributed by atoms with Crippen molar-refractivity contribution in [3.05, 3.63) is 70.5 Å². The first-order valence-corrected chi connectivity index (χ1v) is 7.84. The van der Waals surface area contributed by atoms with Crippen molar-refractivity contribution in [3.8, 4) is 0 Å². The number of carbonyl (C=O) groups excluding carboxylic acids is 1. The lowest BCUT2D eigenvalue weighted by molar-refractivity contribution is -0.114. The third-order valence-electron chi connectivity index (χ3n) is 3.66. The number of allylic oxidation sites excluding steroid dienone is 5.